The molecule has 0 saturated heterocycles. The number of hydrogen-bond acceptors (Lipinski definition) is 5. The van der Waals surface area contributed by atoms with E-state index < -0.39 is 11.6 Å². The molecule has 2 aromatic rings. The monoisotopic (exact) mass is 353 g/mol. The van der Waals surface area contributed by atoms with Gasteiger partial charge in [-0.15, -0.1) is 0 Å². The average molecular weight is 354 g/mol. The number of aromatic nitrogens is 2. The van der Waals surface area contributed by atoms with Crippen LogP contribution in [-0.4, -0.2) is 9.97 Å². The third-order valence-electron chi connectivity index (χ3n) is 2.77. The van der Waals surface area contributed by atoms with Crippen LogP contribution in [0.1, 0.15) is 19.5 Å². The van der Waals surface area contributed by atoms with Crippen molar-refractivity contribution in [1.82, 2.24) is 9.97 Å². The first-order valence-corrected chi connectivity index (χ1v) is 7.43. The number of anilines is 1. The van der Waals surface area contributed by atoms with Crippen LogP contribution in [-0.2, 0) is 0 Å². The molecule has 0 aliphatic rings. The predicted molar refractivity (Wildman–Crippen MR) is 93.4 cm³/mol. The first-order valence-electron chi connectivity index (χ1n) is 7.06. The number of allylic oxidation sites excluding steroid dienone is 2. The molecule has 0 atom stereocenters. The second-order valence-corrected chi connectivity index (χ2v) is 4.68. The summed E-state index contributed by atoms with van der Waals surface area (Å²) < 4.78 is 27.2. The summed E-state index contributed by atoms with van der Waals surface area (Å²) in [7, 11) is 0. The van der Waals surface area contributed by atoms with Gasteiger partial charge in [-0.05, 0) is 18.2 Å². The van der Waals surface area contributed by atoms with Gasteiger partial charge < -0.3 is 17.2 Å². The van der Waals surface area contributed by atoms with E-state index in [-0.39, 0.29) is 27.9 Å². The van der Waals surface area contributed by atoms with E-state index in [2.05, 4.69) is 9.97 Å². The number of rotatable bonds is 3. The molecule has 0 radical (unpaired) electrons. The highest BCUT2D eigenvalue weighted by Crippen LogP contribution is 2.26. The normalized spacial score (nSPS) is 11.7. The lowest BCUT2D eigenvalue weighted by Gasteiger charge is -2.09. The topological polar surface area (TPSA) is 104 Å². The van der Waals surface area contributed by atoms with Gasteiger partial charge in [0, 0.05) is 17.3 Å². The largest absolute Gasteiger partial charge is 0.404 e. The Hall–Kier alpha value is -2.67. The number of hydrogen-bond donors (Lipinski definition) is 3. The van der Waals surface area contributed by atoms with Gasteiger partial charge in [-0.1, -0.05) is 31.5 Å². The number of nitrogen functional groups attached to an aromatic ring is 1. The van der Waals surface area contributed by atoms with Crippen LogP contribution in [0.5, 0.6) is 0 Å². The zero-order valence-electron chi connectivity index (χ0n) is 13.2. The lowest BCUT2D eigenvalue weighted by molar-refractivity contribution is 0.511. The van der Waals surface area contributed by atoms with Crippen molar-refractivity contribution in [3.8, 4) is 11.3 Å². The SMILES string of the molecule is CC.N/C=C(\C=C(/N)Cl)c1nc(-c2cccc(F)c2F)cnc1N. The summed E-state index contributed by atoms with van der Waals surface area (Å²) in [5.74, 6) is -1.97. The number of nitrogens with two attached hydrogens (primary N) is 3. The number of benzene rings is 1. The maximum absolute atomic E-state index is 13.8. The van der Waals surface area contributed by atoms with Gasteiger partial charge in [0.1, 0.15) is 11.5 Å². The Morgan fingerprint density at radius 3 is 2.50 bits per heavy atom. The van der Waals surface area contributed by atoms with Gasteiger partial charge in [-0.3, -0.25) is 0 Å². The standard InChI is InChI=1S/C14H12ClF2N5.C2H6/c15-11(19)4-7(5-18)13-14(20)21-6-10(22-13)8-2-1-3-9(16)12(8)17;1-2/h1-6H,18-19H2,(H2,20,21);1-2H3/b7-5+,11-4-;. The predicted octanol–water partition coefficient (Wildman–Crippen LogP) is 3.37. The second-order valence-electron chi connectivity index (χ2n) is 4.24. The Bertz CT molecular complexity index is 771. The molecular weight excluding hydrogens is 336 g/mol. The van der Waals surface area contributed by atoms with Gasteiger partial charge in [0.05, 0.1) is 17.0 Å². The summed E-state index contributed by atoms with van der Waals surface area (Å²) >= 11 is 5.60. The van der Waals surface area contributed by atoms with Crippen LogP contribution in [0.3, 0.4) is 0 Å². The van der Waals surface area contributed by atoms with Gasteiger partial charge >= 0.3 is 0 Å². The molecule has 0 aliphatic heterocycles. The summed E-state index contributed by atoms with van der Waals surface area (Å²) in [5, 5.41) is -0.0414. The zero-order chi connectivity index (χ0) is 18.3. The van der Waals surface area contributed by atoms with Crippen molar-refractivity contribution in [3.05, 3.63) is 59.2 Å². The fourth-order valence-corrected chi connectivity index (χ4v) is 1.90. The van der Waals surface area contributed by atoms with Crippen LogP contribution in [0, 0.1) is 11.6 Å². The summed E-state index contributed by atoms with van der Waals surface area (Å²) in [6.07, 6.45) is 3.74. The minimum absolute atomic E-state index is 0.0414. The minimum Gasteiger partial charge on any atom is -0.404 e. The molecule has 2 rings (SSSR count). The highest BCUT2D eigenvalue weighted by atomic mass is 35.5. The van der Waals surface area contributed by atoms with E-state index in [1.54, 1.807) is 0 Å². The molecular formula is C16H18ClF2N5. The van der Waals surface area contributed by atoms with Crippen LogP contribution in [0.2, 0.25) is 0 Å². The van der Waals surface area contributed by atoms with E-state index >= 15 is 0 Å². The Kier molecular flexibility index (Phi) is 7.13. The highest BCUT2D eigenvalue weighted by molar-refractivity contribution is 6.29. The maximum atomic E-state index is 13.8. The summed E-state index contributed by atoms with van der Waals surface area (Å²) in [6.45, 7) is 4.00. The molecule has 1 aromatic heterocycles. The van der Waals surface area contributed by atoms with E-state index in [1.807, 2.05) is 13.8 Å². The zero-order valence-corrected chi connectivity index (χ0v) is 14.0. The first-order chi connectivity index (χ1) is 11.4. The van der Waals surface area contributed by atoms with E-state index in [9.17, 15) is 8.78 Å². The summed E-state index contributed by atoms with van der Waals surface area (Å²) in [4.78, 5) is 8.09. The van der Waals surface area contributed by atoms with Gasteiger partial charge in [-0.25, -0.2) is 18.7 Å². The average Bonchev–Trinajstić information content (AvgIpc) is 2.58. The fraction of sp³-hybridized carbons (Fsp3) is 0.125. The molecule has 0 amide bonds. The molecule has 0 bridgehead atoms. The smallest absolute Gasteiger partial charge is 0.168 e. The third-order valence-corrected chi connectivity index (χ3v) is 2.88. The van der Waals surface area contributed by atoms with E-state index in [4.69, 9.17) is 28.8 Å². The van der Waals surface area contributed by atoms with Crippen LogP contribution in [0.4, 0.5) is 14.6 Å². The Morgan fingerprint density at radius 2 is 1.92 bits per heavy atom. The molecule has 0 fully saturated rings. The van der Waals surface area contributed by atoms with Gasteiger partial charge in [0.25, 0.3) is 0 Å². The molecule has 0 spiro atoms. The fourth-order valence-electron chi connectivity index (χ4n) is 1.79. The molecule has 1 heterocycles. The molecule has 128 valence electrons. The van der Waals surface area contributed by atoms with E-state index in [0.717, 1.165) is 6.07 Å². The highest BCUT2D eigenvalue weighted by Gasteiger charge is 2.14. The molecule has 8 heteroatoms. The Balaban J connectivity index is 0.00000139. The van der Waals surface area contributed by atoms with E-state index in [1.165, 1.54) is 30.6 Å². The molecule has 0 unspecified atom stereocenters. The van der Waals surface area contributed by atoms with Crippen molar-refractivity contribution in [2.45, 2.75) is 13.8 Å². The van der Waals surface area contributed by atoms with Crippen molar-refractivity contribution in [3.63, 3.8) is 0 Å². The second kappa shape index (κ2) is 8.83. The van der Waals surface area contributed by atoms with Crippen molar-refractivity contribution >= 4 is 23.0 Å². The summed E-state index contributed by atoms with van der Waals surface area (Å²) in [5.41, 5.74) is 17.1. The van der Waals surface area contributed by atoms with Gasteiger partial charge in [0.15, 0.2) is 11.6 Å². The van der Waals surface area contributed by atoms with Gasteiger partial charge in [-0.2, -0.15) is 0 Å². The van der Waals surface area contributed by atoms with Crippen LogP contribution >= 0.6 is 11.6 Å². The quantitative estimate of drug-likeness (QED) is 0.579. The van der Waals surface area contributed by atoms with Crippen LogP contribution in [0.15, 0.2) is 41.8 Å². The van der Waals surface area contributed by atoms with Gasteiger partial charge in [0.2, 0.25) is 0 Å². The Morgan fingerprint density at radius 1 is 1.25 bits per heavy atom. The lowest BCUT2D eigenvalue weighted by atomic mass is 10.1. The van der Waals surface area contributed by atoms with Crippen LogP contribution in [0.25, 0.3) is 16.8 Å². The first kappa shape index (κ1) is 19.4. The van der Waals surface area contributed by atoms with E-state index in [0.29, 0.717) is 5.57 Å². The van der Waals surface area contributed by atoms with Crippen molar-refractivity contribution in [2.24, 2.45) is 11.5 Å². The Labute approximate surface area is 143 Å². The molecule has 0 aliphatic carbocycles. The van der Waals surface area contributed by atoms with Crippen molar-refractivity contribution in [2.75, 3.05) is 5.73 Å². The number of halogens is 3. The molecule has 5 nitrogen and oxygen atoms in total. The molecule has 1 aromatic carbocycles. The third kappa shape index (κ3) is 4.42. The molecule has 0 saturated carbocycles. The minimum atomic E-state index is -1.03. The van der Waals surface area contributed by atoms with Crippen molar-refractivity contribution in [1.29, 1.82) is 0 Å². The number of nitrogens with zero attached hydrogens (tertiary/aromatic N) is 2. The summed E-state index contributed by atoms with van der Waals surface area (Å²) in [6, 6.07) is 3.74. The lowest BCUT2D eigenvalue weighted by Crippen LogP contribution is -2.04. The van der Waals surface area contributed by atoms with Crippen molar-refractivity contribution < 1.29 is 8.78 Å². The maximum Gasteiger partial charge on any atom is 0.168 e. The molecule has 6 N–H and O–H groups in total. The molecule has 24 heavy (non-hydrogen) atoms. The van der Waals surface area contributed by atoms with Crippen LogP contribution < -0.4 is 17.2 Å².